The fourth-order valence-electron chi connectivity index (χ4n) is 3.20. The molecular formula is C23H20ClN3OS. The van der Waals surface area contributed by atoms with E-state index in [0.29, 0.717) is 23.1 Å². The van der Waals surface area contributed by atoms with E-state index in [4.69, 9.17) is 11.6 Å². The van der Waals surface area contributed by atoms with Gasteiger partial charge in [0.2, 0.25) is 5.91 Å². The van der Waals surface area contributed by atoms with Gasteiger partial charge in [-0.2, -0.15) is 0 Å². The summed E-state index contributed by atoms with van der Waals surface area (Å²) >= 11 is 7.79. The number of aryl methyl sites for hydroxylation is 2. The van der Waals surface area contributed by atoms with Crippen LogP contribution in [0.25, 0.3) is 10.2 Å². The molecule has 4 aromatic rings. The van der Waals surface area contributed by atoms with Crippen LogP contribution in [0.4, 0.5) is 5.13 Å². The minimum Gasteiger partial charge on any atom is -0.283 e. The Balaban J connectivity index is 1.72. The Kier molecular flexibility index (Phi) is 5.60. The van der Waals surface area contributed by atoms with Crippen LogP contribution in [0.1, 0.15) is 22.3 Å². The molecule has 2 aromatic heterocycles. The smallest absolute Gasteiger partial charge is 0.233 e. The van der Waals surface area contributed by atoms with Gasteiger partial charge in [-0.1, -0.05) is 58.8 Å². The number of carbonyl (C=O) groups is 1. The lowest BCUT2D eigenvalue weighted by Crippen LogP contribution is -2.32. The molecule has 0 saturated heterocycles. The second-order valence-corrected chi connectivity index (χ2v) is 8.45. The maximum absolute atomic E-state index is 13.4. The minimum atomic E-state index is -0.00210. The number of halogens is 1. The van der Waals surface area contributed by atoms with Crippen molar-refractivity contribution in [2.75, 3.05) is 4.90 Å². The fourth-order valence-corrected chi connectivity index (χ4v) is 4.49. The maximum Gasteiger partial charge on any atom is 0.233 e. The fraction of sp³-hybridized carbons (Fsp3) is 0.174. The topological polar surface area (TPSA) is 46.1 Å². The predicted molar refractivity (Wildman–Crippen MR) is 120 cm³/mol. The molecule has 146 valence electrons. The van der Waals surface area contributed by atoms with Crippen molar-refractivity contribution >= 4 is 44.2 Å². The number of thiazole rings is 1. The highest BCUT2D eigenvalue weighted by molar-refractivity contribution is 7.22. The number of fused-ring (bicyclic) bond motifs is 1. The molecule has 1 amide bonds. The van der Waals surface area contributed by atoms with Crippen molar-refractivity contribution in [3.8, 4) is 0 Å². The number of anilines is 1. The van der Waals surface area contributed by atoms with Crippen molar-refractivity contribution in [3.05, 3.63) is 88.2 Å². The summed E-state index contributed by atoms with van der Waals surface area (Å²) in [5, 5.41) is 1.24. The van der Waals surface area contributed by atoms with E-state index in [1.54, 1.807) is 17.3 Å². The van der Waals surface area contributed by atoms with Crippen molar-refractivity contribution in [2.45, 2.75) is 26.8 Å². The molecule has 0 bridgehead atoms. The number of pyridine rings is 1. The van der Waals surface area contributed by atoms with Crippen LogP contribution in [0.3, 0.4) is 0 Å². The second kappa shape index (κ2) is 8.31. The summed E-state index contributed by atoms with van der Waals surface area (Å²) in [5.74, 6) is -0.00210. The van der Waals surface area contributed by atoms with Crippen LogP contribution in [0.15, 0.2) is 60.9 Å². The highest BCUT2D eigenvalue weighted by Gasteiger charge is 2.22. The van der Waals surface area contributed by atoms with Gasteiger partial charge in [0.05, 0.1) is 22.7 Å². The zero-order valence-electron chi connectivity index (χ0n) is 16.2. The maximum atomic E-state index is 13.4. The number of rotatable bonds is 5. The van der Waals surface area contributed by atoms with Crippen molar-refractivity contribution in [1.82, 2.24) is 9.97 Å². The Hall–Kier alpha value is -2.76. The Labute approximate surface area is 178 Å². The third-order valence-corrected chi connectivity index (χ3v) is 6.15. The zero-order chi connectivity index (χ0) is 20.4. The standard InChI is InChI=1S/C23H20ClN3OS/c1-15-8-9-16(2)18(11-15)12-21(28)27(14-17-5-4-10-25-13-17)23-26-22-19(24)6-3-7-20(22)29-23/h3-11,13H,12,14H2,1-2H3. The summed E-state index contributed by atoms with van der Waals surface area (Å²) in [6.07, 6.45) is 3.82. The highest BCUT2D eigenvalue weighted by atomic mass is 35.5. The number of aromatic nitrogens is 2. The van der Waals surface area contributed by atoms with Crippen LogP contribution in [-0.2, 0) is 17.8 Å². The van der Waals surface area contributed by atoms with Crippen molar-refractivity contribution < 1.29 is 4.79 Å². The number of hydrogen-bond donors (Lipinski definition) is 0. The van der Waals surface area contributed by atoms with Gasteiger partial charge < -0.3 is 0 Å². The normalized spacial score (nSPS) is 11.0. The lowest BCUT2D eigenvalue weighted by molar-refractivity contribution is -0.118. The Morgan fingerprint density at radius 1 is 1.14 bits per heavy atom. The van der Waals surface area contributed by atoms with Gasteiger partial charge in [-0.25, -0.2) is 4.98 Å². The molecule has 29 heavy (non-hydrogen) atoms. The number of nitrogens with zero attached hydrogens (tertiary/aromatic N) is 3. The van der Waals surface area contributed by atoms with E-state index in [1.165, 1.54) is 11.3 Å². The van der Waals surface area contributed by atoms with Gasteiger partial charge in [0.1, 0.15) is 5.52 Å². The van der Waals surface area contributed by atoms with Gasteiger partial charge in [-0.15, -0.1) is 0 Å². The van der Waals surface area contributed by atoms with Gasteiger partial charge in [-0.05, 0) is 48.7 Å². The summed E-state index contributed by atoms with van der Waals surface area (Å²) in [4.78, 5) is 24.0. The zero-order valence-corrected chi connectivity index (χ0v) is 17.8. The molecule has 0 aliphatic carbocycles. The molecule has 4 nitrogen and oxygen atoms in total. The molecule has 4 rings (SSSR count). The molecular weight excluding hydrogens is 402 g/mol. The number of amides is 1. The van der Waals surface area contributed by atoms with Crippen molar-refractivity contribution in [1.29, 1.82) is 0 Å². The molecule has 0 unspecified atom stereocenters. The molecule has 0 saturated carbocycles. The van der Waals surface area contributed by atoms with Gasteiger partial charge in [0, 0.05) is 12.4 Å². The van der Waals surface area contributed by atoms with Gasteiger partial charge in [-0.3, -0.25) is 14.7 Å². The molecule has 6 heteroatoms. The van der Waals surface area contributed by atoms with E-state index in [2.05, 4.69) is 28.2 Å². The summed E-state index contributed by atoms with van der Waals surface area (Å²) in [6.45, 7) is 4.48. The Bertz CT molecular complexity index is 1170. The number of hydrogen-bond acceptors (Lipinski definition) is 4. The van der Waals surface area contributed by atoms with Crippen LogP contribution in [0, 0.1) is 13.8 Å². The lowest BCUT2D eigenvalue weighted by Gasteiger charge is -2.20. The quantitative estimate of drug-likeness (QED) is 0.413. The monoisotopic (exact) mass is 421 g/mol. The third-order valence-electron chi connectivity index (χ3n) is 4.80. The molecule has 0 spiro atoms. The first-order valence-corrected chi connectivity index (χ1v) is 10.5. The molecule has 0 N–H and O–H groups in total. The van der Waals surface area contributed by atoms with E-state index >= 15 is 0 Å². The number of benzene rings is 2. The largest absolute Gasteiger partial charge is 0.283 e. The lowest BCUT2D eigenvalue weighted by atomic mass is 10.0. The van der Waals surface area contributed by atoms with E-state index in [-0.39, 0.29) is 5.91 Å². The molecule has 2 aromatic carbocycles. The van der Waals surface area contributed by atoms with Crippen LogP contribution < -0.4 is 4.90 Å². The van der Waals surface area contributed by atoms with Gasteiger partial charge in [0.25, 0.3) is 0 Å². The highest BCUT2D eigenvalue weighted by Crippen LogP contribution is 2.33. The summed E-state index contributed by atoms with van der Waals surface area (Å²) < 4.78 is 0.961. The first-order chi connectivity index (χ1) is 14.0. The van der Waals surface area contributed by atoms with Crippen molar-refractivity contribution in [2.24, 2.45) is 0 Å². The van der Waals surface area contributed by atoms with E-state index in [9.17, 15) is 4.79 Å². The van der Waals surface area contributed by atoms with E-state index < -0.39 is 0 Å². The molecule has 0 fully saturated rings. The molecule has 0 aliphatic rings. The predicted octanol–water partition coefficient (Wildman–Crippen LogP) is 5.74. The Morgan fingerprint density at radius 3 is 2.76 bits per heavy atom. The van der Waals surface area contributed by atoms with E-state index in [0.717, 1.165) is 32.5 Å². The minimum absolute atomic E-state index is 0.00210. The number of para-hydroxylation sites is 1. The summed E-state index contributed by atoms with van der Waals surface area (Å²) in [7, 11) is 0. The van der Waals surface area contributed by atoms with Crippen LogP contribution >= 0.6 is 22.9 Å². The first kappa shape index (κ1) is 19.6. The Morgan fingerprint density at radius 2 is 2.00 bits per heavy atom. The SMILES string of the molecule is Cc1ccc(C)c(CC(=O)N(Cc2cccnc2)c2nc3c(Cl)cccc3s2)c1. The first-order valence-electron chi connectivity index (χ1n) is 9.32. The average molecular weight is 422 g/mol. The molecule has 2 heterocycles. The average Bonchev–Trinajstić information content (AvgIpc) is 3.15. The summed E-state index contributed by atoms with van der Waals surface area (Å²) in [6, 6.07) is 15.7. The second-order valence-electron chi connectivity index (χ2n) is 7.03. The molecule has 0 atom stereocenters. The molecule has 0 radical (unpaired) electrons. The third kappa shape index (κ3) is 4.31. The molecule has 0 aliphatic heterocycles. The van der Waals surface area contributed by atoms with Crippen molar-refractivity contribution in [3.63, 3.8) is 0 Å². The summed E-state index contributed by atoms with van der Waals surface area (Å²) in [5.41, 5.74) is 4.96. The van der Waals surface area contributed by atoms with Crippen LogP contribution in [0.2, 0.25) is 5.02 Å². The van der Waals surface area contributed by atoms with E-state index in [1.807, 2.05) is 44.2 Å². The van der Waals surface area contributed by atoms with Crippen LogP contribution in [-0.4, -0.2) is 15.9 Å². The van der Waals surface area contributed by atoms with Gasteiger partial charge >= 0.3 is 0 Å². The number of carbonyl (C=O) groups excluding carboxylic acids is 1. The van der Waals surface area contributed by atoms with Crippen LogP contribution in [0.5, 0.6) is 0 Å². The van der Waals surface area contributed by atoms with Gasteiger partial charge in [0.15, 0.2) is 5.13 Å².